The van der Waals surface area contributed by atoms with Crippen LogP contribution in [0.25, 0.3) is 0 Å². The minimum atomic E-state index is -0.841. The van der Waals surface area contributed by atoms with E-state index in [-0.39, 0.29) is 103 Å². The van der Waals surface area contributed by atoms with Gasteiger partial charge in [-0.2, -0.15) is 0 Å². The van der Waals surface area contributed by atoms with Gasteiger partial charge in [0.05, 0.1) is 18.2 Å². The summed E-state index contributed by atoms with van der Waals surface area (Å²) in [6.45, 7) is 21.9. The van der Waals surface area contributed by atoms with Gasteiger partial charge in [-0.1, -0.05) is 106 Å². The third kappa shape index (κ3) is 13.5. The number of ketones is 2. The van der Waals surface area contributed by atoms with Crippen LogP contribution in [0.15, 0.2) is 30.3 Å². The fourth-order valence-electron chi connectivity index (χ4n) is 8.82. The molecule has 1 saturated heterocycles. The van der Waals surface area contributed by atoms with Gasteiger partial charge in [0.15, 0.2) is 5.78 Å². The highest BCUT2D eigenvalue weighted by molar-refractivity contribution is 5.93. The number of carbonyl (C=O) groups excluding carboxylic acids is 6. The van der Waals surface area contributed by atoms with Gasteiger partial charge < -0.3 is 25.1 Å². The number of likely N-dealkylation sites (tertiary alicyclic amines) is 1. The van der Waals surface area contributed by atoms with Crippen molar-refractivity contribution in [1.82, 2.24) is 20.0 Å². The molecule has 0 saturated carbocycles. The molecule has 0 radical (unpaired) electrons. The molecule has 4 amide bonds. The summed E-state index contributed by atoms with van der Waals surface area (Å²) in [6.07, 6.45) is 2.38. The lowest BCUT2D eigenvalue weighted by atomic mass is 9.81. The lowest BCUT2D eigenvalue weighted by molar-refractivity contribution is -0.146. The molecule has 11 heteroatoms. The first-order valence-electron chi connectivity index (χ1n) is 21.6. The van der Waals surface area contributed by atoms with Gasteiger partial charge in [0.25, 0.3) is 0 Å². The number of aliphatic hydroxyl groups is 1. The number of nitrogens with one attached hydrogen (secondary N) is 1. The van der Waals surface area contributed by atoms with Gasteiger partial charge in [0.1, 0.15) is 5.78 Å². The number of hydrogen-bond acceptors (Lipinski definition) is 7. The van der Waals surface area contributed by atoms with Gasteiger partial charge in [-0.15, -0.1) is 0 Å². The number of likely N-dealkylation sites (N-methyl/N-ethyl adjacent to an activating group) is 1. The van der Waals surface area contributed by atoms with Crippen molar-refractivity contribution in [2.24, 2.45) is 41.4 Å². The Labute approximate surface area is 344 Å². The van der Waals surface area contributed by atoms with Crippen molar-refractivity contribution in [3.8, 4) is 0 Å². The highest BCUT2D eigenvalue weighted by Gasteiger charge is 2.41. The van der Waals surface area contributed by atoms with Crippen LogP contribution in [-0.2, 0) is 28.8 Å². The largest absolute Gasteiger partial charge is 0.386 e. The molecule has 2 rings (SSSR count). The van der Waals surface area contributed by atoms with Crippen molar-refractivity contribution in [1.29, 1.82) is 0 Å². The molecule has 1 heterocycles. The summed E-state index contributed by atoms with van der Waals surface area (Å²) in [5.74, 6) is -2.28. The molecule has 0 bridgehead atoms. The lowest BCUT2D eigenvalue weighted by Gasteiger charge is -2.40. The third-order valence-electron chi connectivity index (χ3n) is 12.8. The van der Waals surface area contributed by atoms with Gasteiger partial charge in [0, 0.05) is 76.7 Å². The van der Waals surface area contributed by atoms with Crippen molar-refractivity contribution in [3.63, 3.8) is 0 Å². The number of benzene rings is 1. The maximum atomic E-state index is 14.4. The number of amides is 4. The number of Topliss-reactive ketones (excluding diaryl/α,β-unsaturated/α-hetero) is 2. The fraction of sp³-hybridized carbons (Fsp3) is 0.739. The molecular formula is C46H76N4O7. The van der Waals surface area contributed by atoms with Gasteiger partial charge in [-0.05, 0) is 54.9 Å². The Bertz CT molecular complexity index is 1480. The summed E-state index contributed by atoms with van der Waals surface area (Å²) in [7, 11) is 3.40. The fourth-order valence-corrected chi connectivity index (χ4v) is 8.82. The van der Waals surface area contributed by atoms with Gasteiger partial charge >= 0.3 is 0 Å². The average molecular weight is 797 g/mol. The topological polar surface area (TPSA) is 144 Å². The Hall–Kier alpha value is -3.60. The molecule has 1 aromatic carbocycles. The van der Waals surface area contributed by atoms with E-state index in [2.05, 4.69) is 19.2 Å². The van der Waals surface area contributed by atoms with Gasteiger partial charge in [-0.25, -0.2) is 0 Å². The van der Waals surface area contributed by atoms with Gasteiger partial charge in [0.2, 0.25) is 23.6 Å². The van der Waals surface area contributed by atoms with E-state index in [1.54, 1.807) is 32.8 Å². The number of aliphatic hydroxyl groups excluding tert-OH is 1. The van der Waals surface area contributed by atoms with Crippen molar-refractivity contribution < 1.29 is 33.9 Å². The smallest absolute Gasteiger partial charge is 0.226 e. The summed E-state index contributed by atoms with van der Waals surface area (Å²) in [6, 6.07) is 7.68. The predicted octanol–water partition coefficient (Wildman–Crippen LogP) is 6.86. The third-order valence-corrected chi connectivity index (χ3v) is 12.8. The lowest BCUT2D eigenvalue weighted by Crippen LogP contribution is -2.51. The van der Waals surface area contributed by atoms with E-state index in [4.69, 9.17) is 0 Å². The zero-order chi connectivity index (χ0) is 43.3. The molecule has 1 aliphatic heterocycles. The van der Waals surface area contributed by atoms with Crippen LogP contribution in [0.2, 0.25) is 0 Å². The molecule has 0 spiro atoms. The van der Waals surface area contributed by atoms with Crippen LogP contribution >= 0.6 is 0 Å². The monoisotopic (exact) mass is 797 g/mol. The highest BCUT2D eigenvalue weighted by atomic mass is 16.3. The van der Waals surface area contributed by atoms with Crippen molar-refractivity contribution in [2.75, 3.05) is 20.6 Å². The van der Waals surface area contributed by atoms with Crippen LogP contribution < -0.4 is 5.32 Å². The zero-order valence-corrected chi connectivity index (χ0v) is 37.4. The van der Waals surface area contributed by atoms with Crippen LogP contribution in [0.3, 0.4) is 0 Å². The number of rotatable bonds is 23. The Kier molecular flexibility index (Phi) is 20.1. The van der Waals surface area contributed by atoms with Crippen molar-refractivity contribution in [2.45, 2.75) is 158 Å². The Morgan fingerprint density at radius 2 is 1.44 bits per heavy atom. The van der Waals surface area contributed by atoms with Crippen molar-refractivity contribution >= 4 is 35.2 Å². The number of hydrogen-bond donors (Lipinski definition) is 2. The summed E-state index contributed by atoms with van der Waals surface area (Å²) >= 11 is 0. The maximum Gasteiger partial charge on any atom is 0.226 e. The van der Waals surface area contributed by atoms with E-state index in [1.165, 1.54) is 4.90 Å². The molecule has 57 heavy (non-hydrogen) atoms. The van der Waals surface area contributed by atoms with Crippen LogP contribution in [0, 0.1) is 41.4 Å². The van der Waals surface area contributed by atoms with Crippen LogP contribution in [0.4, 0.5) is 0 Å². The van der Waals surface area contributed by atoms with Crippen LogP contribution in [0.1, 0.15) is 139 Å². The normalized spacial score (nSPS) is 19.2. The standard InChI is InChI=1S/C46H76N4O7/c1-14-30(7)43(49(13)46(57)37(28(3)4)27-39(52)42(29(5)6)48(12)40(53)24-23-36(51)15-2)31(8)26-41(54)50-25-19-22-38(50)32(9)33(10)45(56)47-34(11)44(55)35-20-17-16-18-21-35/h16-18,20-21,28-34,37-38,42-44,55H,14-15,19,22-27H2,1-13H3,(H,47,56)/t30-,31+,32+,33-,34+,37?,38?,42?,43?,44+/m0/s1. The summed E-state index contributed by atoms with van der Waals surface area (Å²) in [5, 5.41) is 13.8. The average Bonchev–Trinajstić information content (AvgIpc) is 3.68. The maximum absolute atomic E-state index is 14.4. The van der Waals surface area contributed by atoms with Crippen molar-refractivity contribution in [3.05, 3.63) is 35.9 Å². The van der Waals surface area contributed by atoms with E-state index in [0.29, 0.717) is 13.0 Å². The zero-order valence-electron chi connectivity index (χ0n) is 37.4. The first-order valence-corrected chi connectivity index (χ1v) is 21.6. The molecular weight excluding hydrogens is 721 g/mol. The predicted molar refractivity (Wildman–Crippen MR) is 226 cm³/mol. The Morgan fingerprint density at radius 1 is 0.825 bits per heavy atom. The molecule has 0 aliphatic carbocycles. The SMILES string of the molecule is CCC(=O)CCC(=O)N(C)C(C(=O)CC(C(=O)N(C)C([C@H](C)CC(=O)N1CCCC1[C@H](C)[C@H](C)C(=O)N[C@H](C)[C@@H](O)c1ccccc1)[C@@H](C)CC)C(C)C)C(C)C. The number of carbonyl (C=O) groups is 6. The minimum absolute atomic E-state index is 0.000499. The molecule has 1 aliphatic rings. The molecule has 1 fully saturated rings. The molecule has 4 unspecified atom stereocenters. The highest BCUT2D eigenvalue weighted by Crippen LogP contribution is 2.33. The molecule has 0 aromatic heterocycles. The Morgan fingerprint density at radius 3 is 1.98 bits per heavy atom. The molecule has 2 N–H and O–H groups in total. The second-order valence-electron chi connectivity index (χ2n) is 17.7. The van der Waals surface area contributed by atoms with E-state index >= 15 is 0 Å². The second-order valence-corrected chi connectivity index (χ2v) is 17.7. The first-order chi connectivity index (χ1) is 26.7. The van der Waals surface area contributed by atoms with E-state index in [9.17, 15) is 33.9 Å². The summed E-state index contributed by atoms with van der Waals surface area (Å²) in [4.78, 5) is 86.0. The van der Waals surface area contributed by atoms with Crippen LogP contribution in [0.5, 0.6) is 0 Å². The summed E-state index contributed by atoms with van der Waals surface area (Å²) < 4.78 is 0. The number of nitrogens with zero attached hydrogens (tertiary/aromatic N) is 3. The van der Waals surface area contributed by atoms with Crippen LogP contribution in [-0.4, -0.2) is 99.8 Å². The molecule has 11 nitrogen and oxygen atoms in total. The van der Waals surface area contributed by atoms with E-state index < -0.39 is 30.0 Å². The van der Waals surface area contributed by atoms with E-state index in [1.807, 2.05) is 83.7 Å². The molecule has 1 aromatic rings. The first kappa shape index (κ1) is 49.5. The molecule has 322 valence electrons. The molecule has 10 atom stereocenters. The second kappa shape index (κ2) is 23.1. The Balaban J connectivity index is 2.19. The minimum Gasteiger partial charge on any atom is -0.386 e. The summed E-state index contributed by atoms with van der Waals surface area (Å²) in [5.41, 5.74) is 0.734. The van der Waals surface area contributed by atoms with Gasteiger partial charge in [-0.3, -0.25) is 28.8 Å². The van der Waals surface area contributed by atoms with E-state index in [0.717, 1.165) is 24.8 Å². The quantitative estimate of drug-likeness (QED) is 0.123.